The highest BCUT2D eigenvalue weighted by molar-refractivity contribution is 7.11. The maximum atomic E-state index is 12.5. The first-order valence-corrected chi connectivity index (χ1v) is 9.59. The van der Waals surface area contributed by atoms with Crippen LogP contribution in [-0.4, -0.2) is 33.1 Å². The molecule has 146 valence electrons. The van der Waals surface area contributed by atoms with Gasteiger partial charge in [-0.2, -0.15) is 0 Å². The van der Waals surface area contributed by atoms with Gasteiger partial charge in [0.15, 0.2) is 0 Å². The smallest absolute Gasteiger partial charge is 0.367 e. The minimum absolute atomic E-state index is 0.0216. The average molecular weight is 401 g/mol. The van der Waals surface area contributed by atoms with Gasteiger partial charge in [-0.3, -0.25) is 14.2 Å². The highest BCUT2D eigenvalue weighted by Crippen LogP contribution is 2.13. The third-order valence-corrected chi connectivity index (χ3v) is 4.87. The molecule has 1 aromatic carbocycles. The Balaban J connectivity index is 1.56. The normalized spacial score (nSPS) is 10.8. The molecule has 0 unspecified atom stereocenters. The van der Waals surface area contributed by atoms with Crippen LogP contribution in [-0.2, 0) is 27.4 Å². The van der Waals surface area contributed by atoms with Crippen molar-refractivity contribution >= 4 is 34.2 Å². The number of ether oxygens (including phenoxy) is 2. The second-order valence-corrected chi connectivity index (χ2v) is 6.85. The van der Waals surface area contributed by atoms with Crippen LogP contribution in [0.25, 0.3) is 10.9 Å². The first-order valence-electron chi connectivity index (χ1n) is 8.71. The van der Waals surface area contributed by atoms with E-state index in [4.69, 9.17) is 9.47 Å². The van der Waals surface area contributed by atoms with E-state index in [0.717, 1.165) is 16.9 Å². The standard InChI is InChI=1S/C19H19N3O5S/c1-3-26-19(25)17-21-13(10-28-17)9-27-15(23)7-8-22-11-20-16-12(2)5-4-6-14(16)18(22)24/h4-6,10-11H,3,7-9H2,1-2H3. The summed E-state index contributed by atoms with van der Waals surface area (Å²) in [5.41, 5.74) is 1.86. The summed E-state index contributed by atoms with van der Waals surface area (Å²) in [5.74, 6) is -0.967. The minimum atomic E-state index is -0.497. The monoisotopic (exact) mass is 401 g/mol. The van der Waals surface area contributed by atoms with Crippen molar-refractivity contribution in [2.24, 2.45) is 0 Å². The molecule has 2 aromatic heterocycles. The Morgan fingerprint density at radius 2 is 2.07 bits per heavy atom. The first-order chi connectivity index (χ1) is 13.5. The van der Waals surface area contributed by atoms with Crippen LogP contribution in [0.4, 0.5) is 0 Å². The van der Waals surface area contributed by atoms with Crippen LogP contribution in [0.2, 0.25) is 0 Å². The van der Waals surface area contributed by atoms with Gasteiger partial charge in [0.2, 0.25) is 5.01 Å². The Morgan fingerprint density at radius 3 is 2.86 bits per heavy atom. The van der Waals surface area contributed by atoms with E-state index in [0.29, 0.717) is 16.6 Å². The van der Waals surface area contributed by atoms with Gasteiger partial charge >= 0.3 is 11.9 Å². The summed E-state index contributed by atoms with van der Waals surface area (Å²) in [6, 6.07) is 5.41. The van der Waals surface area contributed by atoms with Crippen molar-refractivity contribution < 1.29 is 19.1 Å². The van der Waals surface area contributed by atoms with Crippen LogP contribution >= 0.6 is 11.3 Å². The van der Waals surface area contributed by atoms with Crippen LogP contribution in [0.15, 0.2) is 34.7 Å². The Labute approximate surface area is 164 Å². The number of hydrogen-bond donors (Lipinski definition) is 0. The zero-order chi connectivity index (χ0) is 20.1. The molecule has 3 rings (SSSR count). The summed E-state index contributed by atoms with van der Waals surface area (Å²) in [5, 5.41) is 2.38. The lowest BCUT2D eigenvalue weighted by atomic mass is 10.1. The van der Waals surface area contributed by atoms with Crippen LogP contribution in [0.1, 0.15) is 34.4 Å². The third kappa shape index (κ3) is 4.42. The van der Waals surface area contributed by atoms with E-state index in [2.05, 4.69) is 9.97 Å². The summed E-state index contributed by atoms with van der Waals surface area (Å²) in [6.07, 6.45) is 1.46. The van der Waals surface area contributed by atoms with Gasteiger partial charge < -0.3 is 9.47 Å². The van der Waals surface area contributed by atoms with E-state index >= 15 is 0 Å². The molecule has 28 heavy (non-hydrogen) atoms. The molecule has 0 atom stereocenters. The van der Waals surface area contributed by atoms with Gasteiger partial charge in [0, 0.05) is 11.9 Å². The van der Waals surface area contributed by atoms with Crippen molar-refractivity contribution in [2.75, 3.05) is 6.61 Å². The zero-order valence-corrected chi connectivity index (χ0v) is 16.3. The number of para-hydroxylation sites is 1. The fraction of sp³-hybridized carbons (Fsp3) is 0.316. The SMILES string of the molecule is CCOC(=O)c1nc(COC(=O)CCn2cnc3c(C)cccc3c2=O)cs1. The van der Waals surface area contributed by atoms with Crippen molar-refractivity contribution in [1.29, 1.82) is 0 Å². The van der Waals surface area contributed by atoms with E-state index < -0.39 is 11.9 Å². The summed E-state index contributed by atoms with van der Waals surface area (Å²) < 4.78 is 11.4. The fourth-order valence-electron chi connectivity index (χ4n) is 2.59. The van der Waals surface area contributed by atoms with Gasteiger partial charge in [-0.25, -0.2) is 14.8 Å². The second kappa shape index (κ2) is 8.75. The van der Waals surface area contributed by atoms with Gasteiger partial charge in [0.25, 0.3) is 5.56 Å². The molecule has 0 N–H and O–H groups in total. The van der Waals surface area contributed by atoms with Crippen molar-refractivity contribution in [3.8, 4) is 0 Å². The molecular weight excluding hydrogens is 382 g/mol. The summed E-state index contributed by atoms with van der Waals surface area (Å²) in [7, 11) is 0. The molecule has 0 bridgehead atoms. The fourth-order valence-corrected chi connectivity index (χ4v) is 3.29. The number of fused-ring (bicyclic) bond motifs is 1. The molecule has 3 aromatic rings. The molecule has 0 amide bonds. The highest BCUT2D eigenvalue weighted by atomic mass is 32.1. The number of esters is 2. The van der Waals surface area contributed by atoms with Crippen LogP contribution in [0, 0.1) is 6.92 Å². The minimum Gasteiger partial charge on any atom is -0.461 e. The maximum Gasteiger partial charge on any atom is 0.367 e. The number of aryl methyl sites for hydroxylation is 2. The molecule has 0 radical (unpaired) electrons. The molecule has 0 aliphatic rings. The Morgan fingerprint density at radius 1 is 1.25 bits per heavy atom. The molecule has 0 saturated heterocycles. The molecule has 8 nitrogen and oxygen atoms in total. The summed E-state index contributed by atoms with van der Waals surface area (Å²) >= 11 is 1.13. The van der Waals surface area contributed by atoms with Crippen molar-refractivity contribution in [1.82, 2.24) is 14.5 Å². The average Bonchev–Trinajstić information content (AvgIpc) is 3.16. The zero-order valence-electron chi connectivity index (χ0n) is 15.5. The van der Waals surface area contributed by atoms with Crippen molar-refractivity contribution in [3.63, 3.8) is 0 Å². The van der Waals surface area contributed by atoms with Crippen LogP contribution in [0.3, 0.4) is 0 Å². The first kappa shape index (κ1) is 19.7. The topological polar surface area (TPSA) is 100 Å². The lowest BCUT2D eigenvalue weighted by Gasteiger charge is -2.07. The van der Waals surface area contributed by atoms with Crippen molar-refractivity contribution in [3.05, 3.63) is 56.5 Å². The predicted octanol–water partition coefficient (Wildman–Crippen LogP) is 2.47. The number of carbonyl (C=O) groups is 2. The number of hydrogen-bond acceptors (Lipinski definition) is 8. The quantitative estimate of drug-likeness (QED) is 0.561. The van der Waals surface area contributed by atoms with Crippen LogP contribution < -0.4 is 5.56 Å². The van der Waals surface area contributed by atoms with Gasteiger partial charge in [-0.15, -0.1) is 11.3 Å². The van der Waals surface area contributed by atoms with Gasteiger partial charge in [-0.1, -0.05) is 12.1 Å². The number of nitrogens with zero attached hydrogens (tertiary/aromatic N) is 3. The third-order valence-electron chi connectivity index (χ3n) is 3.99. The molecule has 0 saturated carbocycles. The van der Waals surface area contributed by atoms with Gasteiger partial charge in [-0.05, 0) is 25.5 Å². The molecule has 0 spiro atoms. The second-order valence-electron chi connectivity index (χ2n) is 5.99. The number of carbonyl (C=O) groups excluding carboxylic acids is 2. The molecule has 9 heteroatoms. The Hall–Kier alpha value is -3.07. The predicted molar refractivity (Wildman–Crippen MR) is 103 cm³/mol. The molecule has 2 heterocycles. The van der Waals surface area contributed by atoms with E-state index in [-0.39, 0.29) is 36.7 Å². The van der Waals surface area contributed by atoms with Gasteiger partial charge in [0.1, 0.15) is 6.61 Å². The van der Waals surface area contributed by atoms with Crippen LogP contribution in [0.5, 0.6) is 0 Å². The molecule has 0 aliphatic heterocycles. The van der Waals surface area contributed by atoms with E-state index in [1.165, 1.54) is 10.9 Å². The molecule has 0 aliphatic carbocycles. The number of aromatic nitrogens is 3. The largest absolute Gasteiger partial charge is 0.461 e. The van der Waals surface area contributed by atoms with E-state index in [1.807, 2.05) is 13.0 Å². The number of thiazole rings is 1. The highest BCUT2D eigenvalue weighted by Gasteiger charge is 2.13. The summed E-state index contributed by atoms with van der Waals surface area (Å²) in [4.78, 5) is 44.5. The summed E-state index contributed by atoms with van der Waals surface area (Å²) in [6.45, 7) is 4.00. The lowest BCUT2D eigenvalue weighted by molar-refractivity contribution is -0.145. The number of rotatable bonds is 7. The Kier molecular flexibility index (Phi) is 6.15. The molecule has 0 fully saturated rings. The molecular formula is C19H19N3O5S. The Bertz CT molecular complexity index is 1070. The maximum absolute atomic E-state index is 12.5. The van der Waals surface area contributed by atoms with E-state index in [1.54, 1.807) is 24.4 Å². The van der Waals surface area contributed by atoms with Gasteiger partial charge in [0.05, 0.1) is 36.0 Å². The number of benzene rings is 1. The van der Waals surface area contributed by atoms with E-state index in [9.17, 15) is 14.4 Å². The lowest BCUT2D eigenvalue weighted by Crippen LogP contribution is -2.22. The van der Waals surface area contributed by atoms with Crippen molar-refractivity contribution in [2.45, 2.75) is 33.4 Å².